The van der Waals surface area contributed by atoms with Crippen molar-refractivity contribution in [3.63, 3.8) is 0 Å². The van der Waals surface area contributed by atoms with Crippen LogP contribution in [-0.2, 0) is 9.59 Å². The standard InChI is InChI=1S/C11H22N2O3/c1-7(2)6-8(12-5)9(14)13-11(3,4)10(15)16/h7-8,12H,6H2,1-5H3,(H,13,14)(H,15,16). The maximum atomic E-state index is 11.8. The summed E-state index contributed by atoms with van der Waals surface area (Å²) in [6.45, 7) is 6.96. The number of aliphatic carboxylic acids is 1. The van der Waals surface area contributed by atoms with Gasteiger partial charge in [-0.25, -0.2) is 4.79 Å². The largest absolute Gasteiger partial charge is 0.480 e. The first-order valence-corrected chi connectivity index (χ1v) is 5.43. The highest BCUT2D eigenvalue weighted by Gasteiger charge is 2.31. The number of likely N-dealkylation sites (N-methyl/N-ethyl adjacent to an activating group) is 1. The van der Waals surface area contributed by atoms with Crippen LogP contribution < -0.4 is 10.6 Å². The molecule has 1 unspecified atom stereocenters. The third-order valence-corrected chi connectivity index (χ3v) is 2.34. The third-order valence-electron chi connectivity index (χ3n) is 2.34. The summed E-state index contributed by atoms with van der Waals surface area (Å²) in [5.74, 6) is -0.944. The van der Waals surface area contributed by atoms with Gasteiger partial charge in [0.15, 0.2) is 0 Å². The average molecular weight is 230 g/mol. The van der Waals surface area contributed by atoms with Gasteiger partial charge >= 0.3 is 5.97 Å². The minimum Gasteiger partial charge on any atom is -0.480 e. The Hall–Kier alpha value is -1.10. The van der Waals surface area contributed by atoms with Crippen molar-refractivity contribution in [2.45, 2.75) is 45.7 Å². The summed E-state index contributed by atoms with van der Waals surface area (Å²) in [6, 6.07) is -0.348. The molecule has 0 aliphatic carbocycles. The second-order valence-electron chi connectivity index (χ2n) is 4.89. The Balaban J connectivity index is 4.48. The molecule has 1 amide bonds. The number of hydrogen-bond acceptors (Lipinski definition) is 3. The Morgan fingerprint density at radius 1 is 1.31 bits per heavy atom. The molecule has 0 fully saturated rings. The molecule has 0 aliphatic rings. The second kappa shape index (κ2) is 5.84. The Morgan fingerprint density at radius 2 is 1.81 bits per heavy atom. The fourth-order valence-corrected chi connectivity index (χ4v) is 1.28. The van der Waals surface area contributed by atoms with Gasteiger partial charge in [-0.05, 0) is 33.2 Å². The molecule has 94 valence electrons. The summed E-state index contributed by atoms with van der Waals surface area (Å²) < 4.78 is 0. The fourth-order valence-electron chi connectivity index (χ4n) is 1.28. The van der Waals surface area contributed by atoms with Crippen molar-refractivity contribution < 1.29 is 14.7 Å². The normalized spacial score (nSPS) is 13.6. The van der Waals surface area contributed by atoms with Crippen LogP contribution in [0.15, 0.2) is 0 Å². The number of hydrogen-bond donors (Lipinski definition) is 3. The van der Waals surface area contributed by atoms with Crippen molar-refractivity contribution in [1.82, 2.24) is 10.6 Å². The zero-order chi connectivity index (χ0) is 12.9. The van der Waals surface area contributed by atoms with E-state index in [0.29, 0.717) is 12.3 Å². The van der Waals surface area contributed by atoms with Crippen LogP contribution in [0.3, 0.4) is 0 Å². The molecule has 0 heterocycles. The maximum absolute atomic E-state index is 11.8. The molecule has 1 atom stereocenters. The van der Waals surface area contributed by atoms with Crippen molar-refractivity contribution in [2.24, 2.45) is 5.92 Å². The number of carboxylic acid groups (broad SMARTS) is 1. The summed E-state index contributed by atoms with van der Waals surface area (Å²) in [4.78, 5) is 22.6. The number of carbonyl (C=O) groups is 2. The zero-order valence-corrected chi connectivity index (χ0v) is 10.6. The second-order valence-corrected chi connectivity index (χ2v) is 4.89. The number of rotatable bonds is 6. The van der Waals surface area contributed by atoms with E-state index < -0.39 is 11.5 Å². The predicted molar refractivity (Wildman–Crippen MR) is 62.2 cm³/mol. The molecule has 0 radical (unpaired) electrons. The van der Waals surface area contributed by atoms with Crippen LogP contribution >= 0.6 is 0 Å². The van der Waals surface area contributed by atoms with Gasteiger partial charge in [-0.1, -0.05) is 13.8 Å². The lowest BCUT2D eigenvalue weighted by Crippen LogP contribution is -2.55. The monoisotopic (exact) mass is 230 g/mol. The van der Waals surface area contributed by atoms with E-state index in [0.717, 1.165) is 0 Å². The number of carbonyl (C=O) groups excluding carboxylic acids is 1. The van der Waals surface area contributed by atoms with E-state index in [1.54, 1.807) is 7.05 Å². The SMILES string of the molecule is CNC(CC(C)C)C(=O)NC(C)(C)C(=O)O. The Bertz CT molecular complexity index is 262. The fraction of sp³-hybridized carbons (Fsp3) is 0.818. The van der Waals surface area contributed by atoms with Gasteiger partial charge in [0.1, 0.15) is 5.54 Å². The highest BCUT2D eigenvalue weighted by molar-refractivity contribution is 5.88. The van der Waals surface area contributed by atoms with Crippen molar-refractivity contribution in [3.8, 4) is 0 Å². The lowest BCUT2D eigenvalue weighted by molar-refractivity contribution is -0.146. The van der Waals surface area contributed by atoms with E-state index in [1.807, 2.05) is 13.8 Å². The van der Waals surface area contributed by atoms with Gasteiger partial charge in [0.05, 0.1) is 6.04 Å². The maximum Gasteiger partial charge on any atom is 0.328 e. The molecule has 0 aromatic heterocycles. The van der Waals surface area contributed by atoms with E-state index in [9.17, 15) is 9.59 Å². The summed E-state index contributed by atoms with van der Waals surface area (Å²) in [7, 11) is 1.69. The summed E-state index contributed by atoms with van der Waals surface area (Å²) in [6.07, 6.45) is 0.679. The molecule has 0 saturated carbocycles. The predicted octanol–water partition coefficient (Wildman–Crippen LogP) is 0.600. The highest BCUT2D eigenvalue weighted by Crippen LogP contribution is 2.07. The Morgan fingerprint density at radius 3 is 2.12 bits per heavy atom. The van der Waals surface area contributed by atoms with E-state index in [2.05, 4.69) is 10.6 Å². The molecule has 0 aliphatic heterocycles. The summed E-state index contributed by atoms with van der Waals surface area (Å²) in [5, 5.41) is 14.3. The van der Waals surface area contributed by atoms with Crippen LogP contribution in [0.5, 0.6) is 0 Å². The molecular formula is C11H22N2O3. The average Bonchev–Trinajstić information content (AvgIpc) is 2.12. The van der Waals surface area contributed by atoms with E-state index in [1.165, 1.54) is 13.8 Å². The molecule has 16 heavy (non-hydrogen) atoms. The minimum absolute atomic E-state index is 0.274. The van der Waals surface area contributed by atoms with Crippen LogP contribution in [0.1, 0.15) is 34.1 Å². The topological polar surface area (TPSA) is 78.4 Å². The van der Waals surface area contributed by atoms with E-state index in [-0.39, 0.29) is 11.9 Å². The van der Waals surface area contributed by atoms with Gasteiger partial charge in [-0.2, -0.15) is 0 Å². The molecule has 0 rings (SSSR count). The van der Waals surface area contributed by atoms with Crippen LogP contribution in [0.2, 0.25) is 0 Å². The van der Waals surface area contributed by atoms with Gasteiger partial charge in [-0.15, -0.1) is 0 Å². The highest BCUT2D eigenvalue weighted by atomic mass is 16.4. The molecule has 5 heteroatoms. The van der Waals surface area contributed by atoms with E-state index >= 15 is 0 Å². The van der Waals surface area contributed by atoms with E-state index in [4.69, 9.17) is 5.11 Å². The molecule has 0 saturated heterocycles. The summed E-state index contributed by atoms with van der Waals surface area (Å²) >= 11 is 0. The molecule has 5 nitrogen and oxygen atoms in total. The van der Waals surface area contributed by atoms with Crippen LogP contribution in [0.4, 0.5) is 0 Å². The van der Waals surface area contributed by atoms with Gasteiger partial charge in [0.2, 0.25) is 5.91 Å². The quantitative estimate of drug-likeness (QED) is 0.624. The zero-order valence-electron chi connectivity index (χ0n) is 10.6. The molecule has 0 spiro atoms. The van der Waals surface area contributed by atoms with Crippen molar-refractivity contribution in [2.75, 3.05) is 7.05 Å². The van der Waals surface area contributed by atoms with Crippen molar-refractivity contribution in [3.05, 3.63) is 0 Å². The smallest absolute Gasteiger partial charge is 0.328 e. The molecule has 3 N–H and O–H groups in total. The van der Waals surface area contributed by atoms with Crippen LogP contribution in [0.25, 0.3) is 0 Å². The first kappa shape index (κ1) is 14.9. The minimum atomic E-state index is -1.23. The van der Waals surface area contributed by atoms with Gasteiger partial charge in [0.25, 0.3) is 0 Å². The number of carboxylic acids is 1. The molecule has 0 aromatic carbocycles. The van der Waals surface area contributed by atoms with Crippen molar-refractivity contribution in [1.29, 1.82) is 0 Å². The van der Waals surface area contributed by atoms with Crippen LogP contribution in [0, 0.1) is 5.92 Å². The van der Waals surface area contributed by atoms with Crippen LogP contribution in [-0.4, -0.2) is 35.6 Å². The molecule has 0 bridgehead atoms. The number of amides is 1. The lowest BCUT2D eigenvalue weighted by Gasteiger charge is -2.25. The number of nitrogens with one attached hydrogen (secondary N) is 2. The Labute approximate surface area is 96.6 Å². The summed E-state index contributed by atoms with van der Waals surface area (Å²) in [5.41, 5.74) is -1.23. The molecule has 0 aromatic rings. The third kappa shape index (κ3) is 4.61. The lowest BCUT2D eigenvalue weighted by atomic mass is 10.0. The Kier molecular flexibility index (Phi) is 5.44. The first-order chi connectivity index (χ1) is 7.20. The molecular weight excluding hydrogens is 208 g/mol. The van der Waals surface area contributed by atoms with Gasteiger partial charge in [0, 0.05) is 0 Å². The van der Waals surface area contributed by atoms with Gasteiger partial charge < -0.3 is 15.7 Å². The van der Waals surface area contributed by atoms with Crippen molar-refractivity contribution >= 4 is 11.9 Å². The first-order valence-electron chi connectivity index (χ1n) is 5.43. The van der Waals surface area contributed by atoms with Gasteiger partial charge in [-0.3, -0.25) is 4.79 Å².